The summed E-state index contributed by atoms with van der Waals surface area (Å²) in [6, 6.07) is 0. The van der Waals surface area contributed by atoms with Crippen LogP contribution >= 0.6 is 0 Å². The van der Waals surface area contributed by atoms with Crippen LogP contribution in [-0.4, -0.2) is 56.3 Å². The van der Waals surface area contributed by atoms with Gasteiger partial charge in [-0.3, -0.25) is 4.79 Å². The number of hydrogen-bond acceptors (Lipinski definition) is 3. The molecule has 0 aromatic heterocycles. The highest BCUT2D eigenvalue weighted by atomic mass is 19.4. The van der Waals surface area contributed by atoms with Crippen LogP contribution in [0.25, 0.3) is 0 Å². The molecule has 0 heterocycles. The van der Waals surface area contributed by atoms with E-state index < -0.39 is 12.1 Å². The second-order valence-electron chi connectivity index (χ2n) is 3.53. The third-order valence-corrected chi connectivity index (χ3v) is 2.34. The van der Waals surface area contributed by atoms with Gasteiger partial charge in [-0.2, -0.15) is 13.2 Å². The average molecular weight is 255 g/mol. The van der Waals surface area contributed by atoms with E-state index in [1.165, 1.54) is 0 Å². The summed E-state index contributed by atoms with van der Waals surface area (Å²) in [4.78, 5) is 12.6. The number of alkyl halides is 3. The van der Waals surface area contributed by atoms with Gasteiger partial charge in [0.1, 0.15) is 0 Å². The second-order valence-corrected chi connectivity index (χ2v) is 3.53. The third kappa shape index (κ3) is 7.98. The number of carbonyl (C=O) groups is 1. The van der Waals surface area contributed by atoms with Crippen molar-refractivity contribution >= 4 is 5.91 Å². The molecule has 0 aromatic rings. The summed E-state index contributed by atoms with van der Waals surface area (Å²) in [6.45, 7) is 7.86. The Kier molecular flexibility index (Phi) is 7.90. The fourth-order valence-corrected chi connectivity index (χ4v) is 1.27. The van der Waals surface area contributed by atoms with Gasteiger partial charge in [-0.1, -0.05) is 13.8 Å². The summed E-state index contributed by atoms with van der Waals surface area (Å²) in [7, 11) is 0. The maximum atomic E-state index is 11.8. The minimum atomic E-state index is -4.79. The SMILES string of the molecule is CCN(CC)CCNCCNC(=O)C(F)(F)F. The smallest absolute Gasteiger partial charge is 0.347 e. The van der Waals surface area contributed by atoms with Gasteiger partial charge >= 0.3 is 12.1 Å². The predicted octanol–water partition coefficient (Wildman–Crippen LogP) is 0.596. The summed E-state index contributed by atoms with van der Waals surface area (Å²) >= 11 is 0. The molecule has 0 saturated carbocycles. The zero-order valence-electron chi connectivity index (χ0n) is 10.2. The molecule has 0 spiro atoms. The van der Waals surface area contributed by atoms with E-state index in [0.29, 0.717) is 13.1 Å². The second kappa shape index (κ2) is 8.30. The van der Waals surface area contributed by atoms with Crippen molar-refractivity contribution in [2.75, 3.05) is 39.3 Å². The van der Waals surface area contributed by atoms with Gasteiger partial charge in [0, 0.05) is 26.2 Å². The quantitative estimate of drug-likeness (QED) is 0.624. The summed E-state index contributed by atoms with van der Waals surface area (Å²) < 4.78 is 35.3. The van der Waals surface area contributed by atoms with Crippen molar-refractivity contribution in [3.63, 3.8) is 0 Å². The molecule has 0 fully saturated rings. The number of likely N-dealkylation sites (N-methyl/N-ethyl adjacent to an activating group) is 1. The fourth-order valence-electron chi connectivity index (χ4n) is 1.27. The van der Waals surface area contributed by atoms with E-state index in [9.17, 15) is 18.0 Å². The van der Waals surface area contributed by atoms with Crippen LogP contribution in [-0.2, 0) is 4.79 Å². The number of amides is 1. The van der Waals surface area contributed by atoms with E-state index >= 15 is 0 Å². The van der Waals surface area contributed by atoms with E-state index in [1.54, 1.807) is 5.32 Å². The van der Waals surface area contributed by atoms with Gasteiger partial charge in [0.15, 0.2) is 0 Å². The van der Waals surface area contributed by atoms with Gasteiger partial charge < -0.3 is 15.5 Å². The predicted molar refractivity (Wildman–Crippen MR) is 59.7 cm³/mol. The van der Waals surface area contributed by atoms with Crippen LogP contribution < -0.4 is 10.6 Å². The number of rotatable bonds is 8. The Morgan fingerprint density at radius 1 is 1.12 bits per heavy atom. The van der Waals surface area contributed by atoms with E-state index in [4.69, 9.17) is 0 Å². The van der Waals surface area contributed by atoms with Crippen molar-refractivity contribution in [3.8, 4) is 0 Å². The molecule has 0 radical (unpaired) electrons. The van der Waals surface area contributed by atoms with E-state index in [1.807, 2.05) is 13.8 Å². The van der Waals surface area contributed by atoms with Crippen molar-refractivity contribution in [1.29, 1.82) is 0 Å². The van der Waals surface area contributed by atoms with Crippen LogP contribution in [0.5, 0.6) is 0 Å². The number of halogens is 3. The molecule has 0 aliphatic carbocycles. The van der Waals surface area contributed by atoms with E-state index in [-0.39, 0.29) is 6.54 Å². The van der Waals surface area contributed by atoms with Crippen LogP contribution in [0.15, 0.2) is 0 Å². The summed E-state index contributed by atoms with van der Waals surface area (Å²) in [5.74, 6) is -1.89. The highest BCUT2D eigenvalue weighted by Gasteiger charge is 2.38. The fraction of sp³-hybridized carbons (Fsp3) is 0.900. The lowest BCUT2D eigenvalue weighted by Gasteiger charge is -2.18. The molecule has 4 nitrogen and oxygen atoms in total. The van der Waals surface area contributed by atoms with Gasteiger partial charge in [0.2, 0.25) is 0 Å². The van der Waals surface area contributed by atoms with Gasteiger partial charge in [-0.05, 0) is 13.1 Å². The lowest BCUT2D eigenvalue weighted by atomic mass is 10.4. The zero-order chi connectivity index (χ0) is 13.3. The molecule has 0 saturated heterocycles. The highest BCUT2D eigenvalue weighted by Crippen LogP contribution is 2.13. The molecule has 102 valence electrons. The monoisotopic (exact) mass is 255 g/mol. The Balaban J connectivity index is 3.44. The maximum Gasteiger partial charge on any atom is 0.471 e. The van der Waals surface area contributed by atoms with Gasteiger partial charge in [0.05, 0.1) is 0 Å². The van der Waals surface area contributed by atoms with Crippen LogP contribution in [0.4, 0.5) is 13.2 Å². The molecule has 17 heavy (non-hydrogen) atoms. The molecule has 0 unspecified atom stereocenters. The number of nitrogens with one attached hydrogen (secondary N) is 2. The van der Waals surface area contributed by atoms with Gasteiger partial charge in [-0.15, -0.1) is 0 Å². The first-order valence-corrected chi connectivity index (χ1v) is 5.69. The topological polar surface area (TPSA) is 44.4 Å². The largest absolute Gasteiger partial charge is 0.471 e. The number of nitrogens with zero attached hydrogens (tertiary/aromatic N) is 1. The molecule has 0 atom stereocenters. The summed E-state index contributed by atoms with van der Waals surface area (Å²) in [6.07, 6.45) is -4.79. The number of hydrogen-bond donors (Lipinski definition) is 2. The molecule has 0 rings (SSSR count). The first kappa shape index (κ1) is 16.2. The molecular weight excluding hydrogens is 235 g/mol. The minimum absolute atomic E-state index is 0.0173. The van der Waals surface area contributed by atoms with Crippen LogP contribution in [0.1, 0.15) is 13.8 Å². The van der Waals surface area contributed by atoms with Crippen LogP contribution in [0.2, 0.25) is 0 Å². The molecule has 0 aliphatic rings. The molecule has 0 aliphatic heterocycles. The Morgan fingerprint density at radius 3 is 2.18 bits per heavy atom. The summed E-state index contributed by atoms with van der Waals surface area (Å²) in [5.41, 5.74) is 0. The van der Waals surface area contributed by atoms with Crippen molar-refractivity contribution in [1.82, 2.24) is 15.5 Å². The van der Waals surface area contributed by atoms with Gasteiger partial charge in [-0.25, -0.2) is 0 Å². The van der Waals surface area contributed by atoms with Crippen molar-refractivity contribution in [3.05, 3.63) is 0 Å². The van der Waals surface area contributed by atoms with Crippen molar-refractivity contribution in [2.45, 2.75) is 20.0 Å². The first-order valence-electron chi connectivity index (χ1n) is 5.69. The Bertz CT molecular complexity index is 217. The molecular formula is C10H20F3N3O. The molecule has 2 N–H and O–H groups in total. The molecule has 0 aromatic carbocycles. The zero-order valence-corrected chi connectivity index (χ0v) is 10.2. The Morgan fingerprint density at radius 2 is 1.71 bits per heavy atom. The van der Waals surface area contributed by atoms with Gasteiger partial charge in [0.25, 0.3) is 0 Å². The number of carbonyl (C=O) groups excluding carboxylic acids is 1. The van der Waals surface area contributed by atoms with Crippen LogP contribution in [0.3, 0.4) is 0 Å². The third-order valence-electron chi connectivity index (χ3n) is 2.34. The minimum Gasteiger partial charge on any atom is -0.347 e. The van der Waals surface area contributed by atoms with E-state index in [0.717, 1.165) is 19.6 Å². The maximum absolute atomic E-state index is 11.8. The Hall–Kier alpha value is -0.820. The standard InChI is InChI=1S/C10H20F3N3O/c1-3-16(4-2)8-7-14-5-6-15-9(17)10(11,12)13/h14H,3-8H2,1-2H3,(H,15,17). The highest BCUT2D eigenvalue weighted by molar-refractivity contribution is 5.81. The lowest BCUT2D eigenvalue weighted by molar-refractivity contribution is -0.173. The normalized spacial score (nSPS) is 11.9. The van der Waals surface area contributed by atoms with Crippen molar-refractivity contribution in [2.24, 2.45) is 0 Å². The Labute approximate surface area is 99.5 Å². The van der Waals surface area contributed by atoms with Crippen molar-refractivity contribution < 1.29 is 18.0 Å². The molecule has 0 bridgehead atoms. The first-order chi connectivity index (χ1) is 7.91. The molecule has 7 heteroatoms. The summed E-state index contributed by atoms with van der Waals surface area (Å²) in [5, 5.41) is 4.77. The van der Waals surface area contributed by atoms with E-state index in [2.05, 4.69) is 10.2 Å². The molecule has 1 amide bonds. The lowest BCUT2D eigenvalue weighted by Crippen LogP contribution is -2.41. The van der Waals surface area contributed by atoms with Crippen LogP contribution in [0, 0.1) is 0 Å². The average Bonchev–Trinajstić information content (AvgIpc) is 2.26.